The molecule has 5 heteroatoms. The summed E-state index contributed by atoms with van der Waals surface area (Å²) >= 11 is 0. The minimum Gasteiger partial charge on any atom is -0.210 e. The van der Waals surface area contributed by atoms with E-state index in [2.05, 4.69) is 4.40 Å². The van der Waals surface area contributed by atoms with E-state index in [1.807, 2.05) is 6.08 Å². The van der Waals surface area contributed by atoms with E-state index in [1.165, 1.54) is 0 Å². The fourth-order valence-electron chi connectivity index (χ4n) is 1.33. The second-order valence-corrected chi connectivity index (χ2v) is 5.44. The first kappa shape index (κ1) is 10.2. The molecule has 4 nitrogen and oxygen atoms in total. The van der Waals surface area contributed by atoms with Crippen LogP contribution in [0.4, 0.5) is 0 Å². The second-order valence-electron chi connectivity index (χ2n) is 3.32. The summed E-state index contributed by atoms with van der Waals surface area (Å²) in [7, 11) is -3.68. The van der Waals surface area contributed by atoms with Crippen molar-refractivity contribution in [2.24, 2.45) is 4.40 Å². The molecule has 0 saturated carbocycles. The lowest BCUT2D eigenvalue weighted by atomic mass is 9.95. The zero-order valence-corrected chi connectivity index (χ0v) is 8.17. The molecule has 1 aliphatic rings. The van der Waals surface area contributed by atoms with Gasteiger partial charge in [0, 0.05) is 0 Å². The van der Waals surface area contributed by atoms with Gasteiger partial charge in [-0.15, -0.1) is 0 Å². The molecule has 0 aromatic carbocycles. The van der Waals surface area contributed by atoms with Crippen LogP contribution in [0.5, 0.6) is 0 Å². The van der Waals surface area contributed by atoms with E-state index in [0.717, 1.165) is 6.08 Å². The lowest BCUT2D eigenvalue weighted by Crippen LogP contribution is -2.34. The Morgan fingerprint density at radius 3 is 2.62 bits per heavy atom. The molecule has 1 unspecified atom stereocenters. The number of nitrogens with zero attached hydrogens (tertiary/aromatic N) is 1. The van der Waals surface area contributed by atoms with Gasteiger partial charge in [-0.2, -0.15) is 0 Å². The van der Waals surface area contributed by atoms with Crippen molar-refractivity contribution < 1.29 is 13.2 Å². The number of hydrogen-bond donors (Lipinski definition) is 0. The van der Waals surface area contributed by atoms with Crippen molar-refractivity contribution in [3.8, 4) is 0 Å². The van der Waals surface area contributed by atoms with Crippen LogP contribution in [-0.2, 0) is 14.8 Å². The fourth-order valence-corrected chi connectivity index (χ4v) is 2.34. The van der Waals surface area contributed by atoms with Gasteiger partial charge in [0.1, 0.15) is 0 Å². The number of isocyanates is 1. The molecule has 1 aliphatic carbocycles. The summed E-state index contributed by atoms with van der Waals surface area (Å²) in [4.78, 5) is 9.92. The van der Waals surface area contributed by atoms with Crippen LogP contribution in [-0.4, -0.2) is 19.2 Å². The van der Waals surface area contributed by atoms with Crippen LogP contribution in [0.25, 0.3) is 0 Å². The van der Waals surface area contributed by atoms with Crippen molar-refractivity contribution in [2.75, 3.05) is 0 Å². The molecule has 0 fully saturated rings. The Morgan fingerprint density at radius 1 is 1.46 bits per heavy atom. The standard InChI is InChI=1S/C8H11NO3S/c1-8(5-3-2-4-6-8)13(11,12)9-7-10/h2-3H,4-6H2,1H3. The van der Waals surface area contributed by atoms with Crippen molar-refractivity contribution in [1.82, 2.24) is 0 Å². The minimum atomic E-state index is -3.68. The monoisotopic (exact) mass is 201 g/mol. The predicted octanol–water partition coefficient (Wildman–Crippen LogP) is 1.15. The summed E-state index contributed by atoms with van der Waals surface area (Å²) < 4.78 is 24.9. The van der Waals surface area contributed by atoms with E-state index in [9.17, 15) is 13.2 Å². The van der Waals surface area contributed by atoms with Crippen LogP contribution in [0, 0.1) is 0 Å². The number of hydrogen-bond acceptors (Lipinski definition) is 3. The van der Waals surface area contributed by atoms with Crippen LogP contribution in [0.3, 0.4) is 0 Å². The third-order valence-corrected chi connectivity index (χ3v) is 4.27. The highest BCUT2D eigenvalue weighted by molar-refractivity contribution is 7.91. The molecule has 0 spiro atoms. The van der Waals surface area contributed by atoms with Gasteiger partial charge in [-0.25, -0.2) is 13.2 Å². The molecular weight excluding hydrogens is 190 g/mol. The molecule has 72 valence electrons. The van der Waals surface area contributed by atoms with E-state index in [-0.39, 0.29) is 0 Å². The minimum absolute atomic E-state index is 0.417. The number of rotatable bonds is 2. The van der Waals surface area contributed by atoms with Crippen molar-refractivity contribution in [3.05, 3.63) is 12.2 Å². The van der Waals surface area contributed by atoms with E-state index >= 15 is 0 Å². The van der Waals surface area contributed by atoms with Crippen LogP contribution in [0.15, 0.2) is 16.5 Å². The Hall–Kier alpha value is -0.930. The molecule has 13 heavy (non-hydrogen) atoms. The Balaban J connectivity index is 3.05. The summed E-state index contributed by atoms with van der Waals surface area (Å²) in [6.07, 6.45) is 6.47. The summed E-state index contributed by atoms with van der Waals surface area (Å²) in [5.41, 5.74) is 0. The second kappa shape index (κ2) is 3.44. The highest BCUT2D eigenvalue weighted by atomic mass is 32.2. The number of carbonyl (C=O) groups excluding carboxylic acids is 1. The third kappa shape index (κ3) is 1.87. The van der Waals surface area contributed by atoms with Gasteiger partial charge < -0.3 is 0 Å². The maximum absolute atomic E-state index is 11.4. The van der Waals surface area contributed by atoms with E-state index in [4.69, 9.17) is 0 Å². The fraction of sp³-hybridized carbons (Fsp3) is 0.625. The molecule has 0 bridgehead atoms. The Kier molecular flexibility index (Phi) is 2.68. The van der Waals surface area contributed by atoms with Crippen molar-refractivity contribution in [2.45, 2.75) is 30.9 Å². The highest BCUT2D eigenvalue weighted by Gasteiger charge is 2.38. The van der Waals surface area contributed by atoms with Crippen molar-refractivity contribution in [3.63, 3.8) is 0 Å². The molecule has 0 aliphatic heterocycles. The molecular formula is C8H11NO3S. The Morgan fingerprint density at radius 2 is 2.15 bits per heavy atom. The summed E-state index contributed by atoms with van der Waals surface area (Å²) in [5, 5.41) is 0. The van der Waals surface area contributed by atoms with Gasteiger partial charge >= 0.3 is 0 Å². The smallest absolute Gasteiger partial charge is 0.210 e. The summed E-state index contributed by atoms with van der Waals surface area (Å²) in [6.45, 7) is 1.60. The number of allylic oxidation sites excluding steroid dienone is 2. The maximum Gasteiger partial charge on any atom is 0.269 e. The Labute approximate surface area is 77.4 Å². The SMILES string of the molecule is CC1(S(=O)(=O)N=C=O)CC=CCC1. The predicted molar refractivity (Wildman–Crippen MR) is 48.4 cm³/mol. The zero-order chi connectivity index (χ0) is 9.95. The zero-order valence-electron chi connectivity index (χ0n) is 7.36. The molecule has 1 atom stereocenters. The van der Waals surface area contributed by atoms with Crippen LogP contribution < -0.4 is 0 Å². The van der Waals surface area contributed by atoms with E-state index in [1.54, 1.807) is 13.0 Å². The van der Waals surface area contributed by atoms with Gasteiger partial charge in [0.05, 0.1) is 4.75 Å². The molecule has 0 aromatic rings. The molecule has 1 rings (SSSR count). The van der Waals surface area contributed by atoms with E-state index in [0.29, 0.717) is 19.3 Å². The first-order valence-corrected chi connectivity index (χ1v) is 5.44. The van der Waals surface area contributed by atoms with Gasteiger partial charge in [0.15, 0.2) is 0 Å². The van der Waals surface area contributed by atoms with Gasteiger partial charge in [0.25, 0.3) is 16.1 Å². The van der Waals surface area contributed by atoms with Crippen molar-refractivity contribution >= 4 is 16.1 Å². The lowest BCUT2D eigenvalue weighted by molar-refractivity contribution is 0.499. The molecule has 0 saturated heterocycles. The first-order valence-electron chi connectivity index (χ1n) is 4.00. The summed E-state index contributed by atoms with van der Waals surface area (Å²) in [6, 6.07) is 0. The molecule has 0 N–H and O–H groups in total. The quantitative estimate of drug-likeness (QED) is 0.382. The molecule has 0 amide bonds. The average Bonchev–Trinajstić information content (AvgIpc) is 2.05. The Bertz CT molecular complexity index is 365. The highest BCUT2D eigenvalue weighted by Crippen LogP contribution is 2.32. The lowest BCUT2D eigenvalue weighted by Gasteiger charge is -2.26. The van der Waals surface area contributed by atoms with Gasteiger partial charge in [-0.3, -0.25) is 0 Å². The largest absolute Gasteiger partial charge is 0.269 e. The van der Waals surface area contributed by atoms with Crippen LogP contribution in [0.1, 0.15) is 26.2 Å². The molecule has 0 radical (unpaired) electrons. The normalized spacial score (nSPS) is 28.1. The van der Waals surface area contributed by atoms with Crippen molar-refractivity contribution in [1.29, 1.82) is 0 Å². The summed E-state index contributed by atoms with van der Waals surface area (Å²) in [5.74, 6) is 0. The van der Waals surface area contributed by atoms with Gasteiger partial charge in [0.2, 0.25) is 0 Å². The third-order valence-electron chi connectivity index (χ3n) is 2.34. The van der Waals surface area contributed by atoms with Crippen LogP contribution >= 0.6 is 0 Å². The van der Waals surface area contributed by atoms with E-state index < -0.39 is 14.8 Å². The van der Waals surface area contributed by atoms with Gasteiger partial charge in [-0.05, 0) is 26.2 Å². The van der Waals surface area contributed by atoms with Gasteiger partial charge in [-0.1, -0.05) is 16.5 Å². The maximum atomic E-state index is 11.4. The van der Waals surface area contributed by atoms with Crippen LogP contribution in [0.2, 0.25) is 0 Å². The average molecular weight is 201 g/mol. The first-order chi connectivity index (χ1) is 6.02. The molecule has 0 aromatic heterocycles. The topological polar surface area (TPSA) is 63.6 Å². The molecule has 0 heterocycles. The number of sulfonamides is 1.